The van der Waals surface area contributed by atoms with Crippen molar-refractivity contribution >= 4 is 5.97 Å². The lowest BCUT2D eigenvalue weighted by Crippen LogP contribution is -2.79. The Morgan fingerprint density at radius 2 is 0.608 bits per heavy atom. The Balaban J connectivity index is 7.79. The highest BCUT2D eigenvalue weighted by atomic mass is 19.4. The second kappa shape index (κ2) is 12.4. The van der Waals surface area contributed by atoms with Gasteiger partial charge < -0.3 is 4.74 Å². The second-order valence-electron chi connectivity index (χ2n) is 9.57. The van der Waals surface area contributed by atoms with E-state index in [0.29, 0.717) is 0 Å². The van der Waals surface area contributed by atoms with Crippen LogP contribution in [-0.2, 0) is 9.53 Å². The minimum atomic E-state index is -9.97. The summed E-state index contributed by atoms with van der Waals surface area (Å²) in [6.45, 7) is -0.615. The van der Waals surface area contributed by atoms with Crippen LogP contribution in [-0.4, -0.2) is 95.7 Å². The summed E-state index contributed by atoms with van der Waals surface area (Å²) < 4.78 is 396. The summed E-state index contributed by atoms with van der Waals surface area (Å²) in [5.74, 6) is -108. The maximum absolute atomic E-state index is 14.6. The van der Waals surface area contributed by atoms with Gasteiger partial charge in [-0.15, -0.1) is 0 Å². The van der Waals surface area contributed by atoms with Crippen molar-refractivity contribution in [1.82, 2.24) is 0 Å². The van der Waals surface area contributed by atoms with Crippen molar-refractivity contribution in [3.63, 3.8) is 0 Å². The fourth-order valence-corrected chi connectivity index (χ4v) is 3.13. The van der Waals surface area contributed by atoms with E-state index < -0.39 is 107 Å². The SMILES string of the molecule is CCOC(=O)C(C)=CC(F)(C(F)(F)F)C(F)(F)C(F)(F)C(F)(F)C(F)(F)C(F)(F)C(F)(F)C(F)(F)C(F)(F)C(F)(F)C(F)(F)C(F)(F)C(F)(F)F. The summed E-state index contributed by atoms with van der Waals surface area (Å²) in [6, 6.07) is 0. The number of allylic oxidation sites excluding steroid dienone is 1. The molecule has 1 atom stereocenters. The Kier molecular flexibility index (Phi) is 11.7. The molecule has 0 heterocycles. The minimum absolute atomic E-state index is 0.320. The first-order valence-electron chi connectivity index (χ1n) is 11.5. The molecule has 0 aromatic rings. The smallest absolute Gasteiger partial charge is 0.460 e. The molecule has 0 aliphatic heterocycles. The number of hydrogen-bond acceptors (Lipinski definition) is 2. The van der Waals surface area contributed by atoms with E-state index in [2.05, 4.69) is 4.74 Å². The summed E-state index contributed by atoms with van der Waals surface area (Å²) in [6.07, 6.45) is -18.5. The van der Waals surface area contributed by atoms with Gasteiger partial charge in [-0.2, -0.15) is 123 Å². The third-order valence-electron chi connectivity index (χ3n) is 6.18. The van der Waals surface area contributed by atoms with Crippen LogP contribution in [0.1, 0.15) is 13.8 Å². The molecule has 0 aliphatic carbocycles. The maximum Gasteiger partial charge on any atom is 0.460 e. The summed E-state index contributed by atoms with van der Waals surface area (Å²) in [7, 11) is 0. The van der Waals surface area contributed by atoms with Gasteiger partial charge >= 0.3 is 83.5 Å². The Bertz CT molecular complexity index is 1320. The number of alkyl halides is 29. The van der Waals surface area contributed by atoms with E-state index in [1.54, 1.807) is 0 Å². The van der Waals surface area contributed by atoms with E-state index in [4.69, 9.17) is 0 Å². The van der Waals surface area contributed by atoms with Gasteiger partial charge in [-0.25, -0.2) is 9.18 Å². The molecular weight excluding hydrogens is 823 g/mol. The molecule has 0 spiro atoms. The number of rotatable bonds is 14. The predicted molar refractivity (Wildman–Crippen MR) is 101 cm³/mol. The van der Waals surface area contributed by atoms with Gasteiger partial charge in [0.05, 0.1) is 6.61 Å². The topological polar surface area (TPSA) is 26.3 Å². The van der Waals surface area contributed by atoms with Crippen LogP contribution in [0.3, 0.4) is 0 Å². The van der Waals surface area contributed by atoms with Crippen molar-refractivity contribution in [2.45, 2.75) is 97.0 Å². The molecule has 0 radical (unpaired) electrons. The Morgan fingerprint density at radius 3 is 0.804 bits per heavy atom. The highest BCUT2D eigenvalue weighted by Crippen LogP contribution is 2.69. The van der Waals surface area contributed by atoms with Crippen LogP contribution in [0.2, 0.25) is 0 Å². The normalized spacial score (nSPS) is 17.7. The number of halogens is 29. The molecule has 304 valence electrons. The fraction of sp³-hybridized carbons (Fsp3) is 0.850. The van der Waals surface area contributed by atoms with E-state index >= 15 is 0 Å². The maximum atomic E-state index is 14.6. The zero-order valence-electron chi connectivity index (χ0n) is 23.1. The monoisotopic (exact) mass is 832 g/mol. The summed E-state index contributed by atoms with van der Waals surface area (Å²) in [5.41, 5.74) is -10.1. The van der Waals surface area contributed by atoms with Gasteiger partial charge in [0.15, 0.2) is 0 Å². The van der Waals surface area contributed by atoms with Crippen molar-refractivity contribution in [3.8, 4) is 0 Å². The fourth-order valence-electron chi connectivity index (χ4n) is 3.13. The molecule has 0 aliphatic rings. The van der Waals surface area contributed by atoms with Gasteiger partial charge in [-0.05, 0) is 19.9 Å². The van der Waals surface area contributed by atoms with Crippen LogP contribution < -0.4 is 0 Å². The molecule has 1 unspecified atom stereocenters. The zero-order valence-corrected chi connectivity index (χ0v) is 23.1. The van der Waals surface area contributed by atoms with Crippen molar-refractivity contribution in [1.29, 1.82) is 0 Å². The zero-order chi connectivity index (χ0) is 42.3. The Labute approximate surface area is 259 Å². The van der Waals surface area contributed by atoms with E-state index in [0.717, 1.165) is 6.92 Å². The van der Waals surface area contributed by atoms with Gasteiger partial charge in [-0.1, -0.05) is 0 Å². The number of hydrogen-bond donors (Lipinski definition) is 0. The first kappa shape index (κ1) is 48.2. The minimum Gasteiger partial charge on any atom is -0.463 e. The van der Waals surface area contributed by atoms with Crippen molar-refractivity contribution in [3.05, 3.63) is 11.6 Å². The van der Waals surface area contributed by atoms with Gasteiger partial charge in [0, 0.05) is 5.57 Å². The summed E-state index contributed by atoms with van der Waals surface area (Å²) in [4.78, 5) is 11.3. The van der Waals surface area contributed by atoms with Crippen LogP contribution in [0.5, 0.6) is 0 Å². The van der Waals surface area contributed by atoms with E-state index in [1.807, 2.05) is 0 Å². The summed E-state index contributed by atoms with van der Waals surface area (Å²) in [5, 5.41) is 0. The number of carbonyl (C=O) groups excluding carboxylic acids is 1. The lowest BCUT2D eigenvalue weighted by atomic mass is 9.81. The number of carbonyl (C=O) groups is 1. The van der Waals surface area contributed by atoms with Gasteiger partial charge in [0.1, 0.15) is 0 Å². The van der Waals surface area contributed by atoms with Crippen molar-refractivity contribution < 1.29 is 137 Å². The summed E-state index contributed by atoms with van der Waals surface area (Å²) >= 11 is 0. The molecule has 0 rings (SSSR count). The lowest BCUT2D eigenvalue weighted by molar-refractivity contribution is -0.485. The molecule has 0 fully saturated rings. The average molecular weight is 832 g/mol. The molecule has 0 N–H and O–H groups in total. The second-order valence-corrected chi connectivity index (χ2v) is 9.57. The first-order valence-corrected chi connectivity index (χ1v) is 11.5. The number of ether oxygens (including phenoxy) is 1. The average Bonchev–Trinajstić information content (AvgIpc) is 2.90. The molecule has 0 saturated carbocycles. The highest BCUT2D eigenvalue weighted by Gasteiger charge is 3.00. The number of esters is 1. The van der Waals surface area contributed by atoms with E-state index in [1.165, 1.54) is 0 Å². The van der Waals surface area contributed by atoms with Crippen molar-refractivity contribution in [2.24, 2.45) is 0 Å². The third-order valence-corrected chi connectivity index (χ3v) is 6.18. The quantitative estimate of drug-likeness (QED) is 0.0990. The lowest BCUT2D eigenvalue weighted by Gasteiger charge is -2.46. The van der Waals surface area contributed by atoms with Crippen LogP contribution in [0, 0.1) is 0 Å². The standard InChI is InChI=1S/C20H9F29O2/c1-3-51-6(50)5(2)4-7(21,19(44,45)46)8(22,23)9(24,25)10(26,27)11(28,29)12(30,31)13(32,33)14(34,35)15(36,37)16(38,39)17(40,41)18(42,43)20(47,48)49/h4H,3H2,1-2H3. The van der Waals surface area contributed by atoms with Gasteiger partial charge in [-0.3, -0.25) is 0 Å². The van der Waals surface area contributed by atoms with Crippen LogP contribution >= 0.6 is 0 Å². The largest absolute Gasteiger partial charge is 0.463 e. The third kappa shape index (κ3) is 6.05. The molecular formula is C20H9F29O2. The van der Waals surface area contributed by atoms with Crippen LogP contribution in [0.15, 0.2) is 11.6 Å². The molecule has 0 aromatic heterocycles. The molecule has 31 heteroatoms. The molecule has 51 heavy (non-hydrogen) atoms. The predicted octanol–water partition coefficient (Wildman–Crippen LogP) is 10.3. The Hall–Kier alpha value is -2.82. The van der Waals surface area contributed by atoms with Gasteiger partial charge in [0.25, 0.3) is 5.67 Å². The molecule has 0 saturated heterocycles. The molecule has 0 amide bonds. The van der Waals surface area contributed by atoms with E-state index in [-0.39, 0.29) is 6.92 Å². The molecule has 0 aromatic carbocycles. The first-order chi connectivity index (χ1) is 21.6. The van der Waals surface area contributed by atoms with Crippen molar-refractivity contribution in [2.75, 3.05) is 6.61 Å². The molecule has 2 nitrogen and oxygen atoms in total. The van der Waals surface area contributed by atoms with E-state index in [9.17, 15) is 132 Å². The van der Waals surface area contributed by atoms with Crippen LogP contribution in [0.4, 0.5) is 127 Å². The van der Waals surface area contributed by atoms with Crippen LogP contribution in [0.25, 0.3) is 0 Å². The highest BCUT2D eigenvalue weighted by molar-refractivity contribution is 5.88. The van der Waals surface area contributed by atoms with Gasteiger partial charge in [0.2, 0.25) is 0 Å². The molecule has 0 bridgehead atoms. The Morgan fingerprint density at radius 1 is 0.392 bits per heavy atom.